The molecule has 1 aliphatic heterocycles. The van der Waals surface area contributed by atoms with E-state index < -0.39 is 0 Å². The van der Waals surface area contributed by atoms with Crippen LogP contribution in [0.15, 0.2) is 0 Å². The normalized spacial score (nSPS) is 26.5. The van der Waals surface area contributed by atoms with Gasteiger partial charge in [-0.2, -0.15) is 0 Å². The first-order chi connectivity index (χ1) is 5.90. The smallest absolute Gasteiger partial charge is 0.116 e. The van der Waals surface area contributed by atoms with Crippen molar-refractivity contribution in [3.8, 4) is 0 Å². The molecule has 0 radical (unpaired) electrons. The van der Waals surface area contributed by atoms with Gasteiger partial charge in [-0.3, -0.25) is 4.90 Å². The molecule has 1 aliphatic rings. The molecule has 3 heteroatoms. The van der Waals surface area contributed by atoms with Crippen LogP contribution in [0.1, 0.15) is 34.1 Å². The summed E-state index contributed by atoms with van der Waals surface area (Å²) in [6, 6.07) is 0. The summed E-state index contributed by atoms with van der Waals surface area (Å²) < 4.78 is 5.71. The van der Waals surface area contributed by atoms with Crippen LogP contribution in [0.2, 0.25) is 0 Å². The molecule has 0 aromatic carbocycles. The van der Waals surface area contributed by atoms with E-state index in [-0.39, 0.29) is 17.9 Å². The molecule has 3 nitrogen and oxygen atoms in total. The standard InChI is InChI=1S/C10H21NO2/c1-9(2)8-13-10(3,4)11(9)6-5-7-12/h12H,5-8H2,1-4H3. The Kier molecular flexibility index (Phi) is 3.00. The van der Waals surface area contributed by atoms with Gasteiger partial charge in [-0.05, 0) is 34.1 Å². The van der Waals surface area contributed by atoms with Crippen molar-refractivity contribution in [1.29, 1.82) is 0 Å². The molecule has 1 heterocycles. The van der Waals surface area contributed by atoms with E-state index in [0.29, 0.717) is 0 Å². The summed E-state index contributed by atoms with van der Waals surface area (Å²) >= 11 is 0. The largest absolute Gasteiger partial charge is 0.396 e. The topological polar surface area (TPSA) is 32.7 Å². The molecule has 1 fully saturated rings. The summed E-state index contributed by atoms with van der Waals surface area (Å²) in [5.41, 5.74) is -0.0860. The number of ether oxygens (including phenoxy) is 1. The van der Waals surface area contributed by atoms with E-state index in [4.69, 9.17) is 9.84 Å². The minimum Gasteiger partial charge on any atom is -0.396 e. The van der Waals surface area contributed by atoms with Crippen LogP contribution in [0.3, 0.4) is 0 Å². The second-order valence-electron chi connectivity index (χ2n) is 4.78. The summed E-state index contributed by atoms with van der Waals surface area (Å²) in [6.45, 7) is 10.4. The number of hydrogen-bond donors (Lipinski definition) is 1. The highest BCUT2D eigenvalue weighted by Crippen LogP contribution is 2.34. The maximum Gasteiger partial charge on any atom is 0.116 e. The second kappa shape index (κ2) is 3.56. The first-order valence-electron chi connectivity index (χ1n) is 4.93. The van der Waals surface area contributed by atoms with Gasteiger partial charge in [-0.15, -0.1) is 0 Å². The van der Waals surface area contributed by atoms with Gasteiger partial charge in [-0.1, -0.05) is 0 Å². The lowest BCUT2D eigenvalue weighted by atomic mass is 10.0. The number of rotatable bonds is 3. The first-order valence-corrected chi connectivity index (χ1v) is 4.93. The average molecular weight is 187 g/mol. The van der Waals surface area contributed by atoms with Gasteiger partial charge < -0.3 is 9.84 Å². The zero-order valence-corrected chi connectivity index (χ0v) is 9.13. The molecule has 1 saturated heterocycles. The van der Waals surface area contributed by atoms with Crippen molar-refractivity contribution < 1.29 is 9.84 Å². The van der Waals surface area contributed by atoms with E-state index in [1.165, 1.54) is 0 Å². The van der Waals surface area contributed by atoms with Crippen LogP contribution < -0.4 is 0 Å². The molecule has 0 saturated carbocycles. The van der Waals surface area contributed by atoms with Crippen LogP contribution in [0.25, 0.3) is 0 Å². The highest BCUT2D eigenvalue weighted by molar-refractivity contribution is 4.93. The zero-order chi connectivity index (χ0) is 10.1. The maximum absolute atomic E-state index is 8.80. The fraction of sp³-hybridized carbons (Fsp3) is 1.00. The van der Waals surface area contributed by atoms with Gasteiger partial charge in [0.25, 0.3) is 0 Å². The fourth-order valence-corrected chi connectivity index (χ4v) is 2.04. The lowest BCUT2D eigenvalue weighted by molar-refractivity contribution is -0.0599. The lowest BCUT2D eigenvalue weighted by Crippen LogP contribution is -2.49. The molecule has 1 rings (SSSR count). The van der Waals surface area contributed by atoms with Gasteiger partial charge in [0.2, 0.25) is 0 Å². The lowest BCUT2D eigenvalue weighted by Gasteiger charge is -2.37. The Labute approximate surface area is 80.7 Å². The van der Waals surface area contributed by atoms with Gasteiger partial charge in [0.15, 0.2) is 0 Å². The van der Waals surface area contributed by atoms with E-state index in [1.807, 2.05) is 0 Å². The Balaban J connectivity index is 2.64. The van der Waals surface area contributed by atoms with E-state index in [0.717, 1.165) is 19.6 Å². The number of aliphatic hydroxyl groups is 1. The van der Waals surface area contributed by atoms with Gasteiger partial charge in [0, 0.05) is 18.7 Å². The third-order valence-corrected chi connectivity index (χ3v) is 2.70. The number of hydrogen-bond acceptors (Lipinski definition) is 3. The molecular weight excluding hydrogens is 166 g/mol. The van der Waals surface area contributed by atoms with Crippen LogP contribution in [-0.4, -0.2) is 41.0 Å². The van der Waals surface area contributed by atoms with Crippen LogP contribution in [0.5, 0.6) is 0 Å². The Morgan fingerprint density at radius 1 is 1.31 bits per heavy atom. The van der Waals surface area contributed by atoms with Crippen molar-refractivity contribution in [2.24, 2.45) is 0 Å². The highest BCUT2D eigenvalue weighted by atomic mass is 16.5. The SMILES string of the molecule is CC1(C)COC(C)(C)N1CCCO. The molecular formula is C10H21NO2. The van der Waals surface area contributed by atoms with Crippen molar-refractivity contribution in [3.63, 3.8) is 0 Å². The molecule has 78 valence electrons. The first kappa shape index (κ1) is 11.0. The second-order valence-corrected chi connectivity index (χ2v) is 4.78. The number of nitrogens with zero attached hydrogens (tertiary/aromatic N) is 1. The highest BCUT2D eigenvalue weighted by Gasteiger charge is 2.44. The van der Waals surface area contributed by atoms with Crippen molar-refractivity contribution in [1.82, 2.24) is 4.90 Å². The molecule has 1 N–H and O–H groups in total. The van der Waals surface area contributed by atoms with Gasteiger partial charge in [-0.25, -0.2) is 0 Å². The molecule has 0 unspecified atom stereocenters. The molecule has 0 amide bonds. The quantitative estimate of drug-likeness (QED) is 0.721. The predicted molar refractivity (Wildman–Crippen MR) is 52.5 cm³/mol. The van der Waals surface area contributed by atoms with E-state index in [2.05, 4.69) is 32.6 Å². The van der Waals surface area contributed by atoms with Crippen molar-refractivity contribution in [2.75, 3.05) is 19.8 Å². The van der Waals surface area contributed by atoms with E-state index >= 15 is 0 Å². The Morgan fingerprint density at radius 2 is 1.92 bits per heavy atom. The Hall–Kier alpha value is -0.120. The average Bonchev–Trinajstić information content (AvgIpc) is 2.20. The van der Waals surface area contributed by atoms with Crippen molar-refractivity contribution in [3.05, 3.63) is 0 Å². The fourth-order valence-electron chi connectivity index (χ4n) is 2.04. The molecule has 13 heavy (non-hydrogen) atoms. The minimum atomic E-state index is -0.182. The van der Waals surface area contributed by atoms with Crippen LogP contribution >= 0.6 is 0 Å². The minimum absolute atomic E-state index is 0.0959. The summed E-state index contributed by atoms with van der Waals surface area (Å²) in [4.78, 5) is 2.32. The Morgan fingerprint density at radius 3 is 2.31 bits per heavy atom. The van der Waals surface area contributed by atoms with Crippen LogP contribution in [-0.2, 0) is 4.74 Å². The number of aliphatic hydroxyl groups excluding tert-OH is 1. The predicted octanol–water partition coefficient (Wildman–Crippen LogP) is 1.22. The van der Waals surface area contributed by atoms with Crippen LogP contribution in [0, 0.1) is 0 Å². The molecule has 0 aliphatic carbocycles. The molecule has 0 aromatic heterocycles. The van der Waals surface area contributed by atoms with E-state index in [1.54, 1.807) is 0 Å². The maximum atomic E-state index is 8.80. The molecule has 0 atom stereocenters. The third kappa shape index (κ3) is 2.22. The summed E-state index contributed by atoms with van der Waals surface area (Å²) in [5.74, 6) is 0. The van der Waals surface area contributed by atoms with Gasteiger partial charge in [0.1, 0.15) is 5.72 Å². The van der Waals surface area contributed by atoms with Gasteiger partial charge in [0.05, 0.1) is 6.61 Å². The summed E-state index contributed by atoms with van der Waals surface area (Å²) in [5, 5.41) is 8.80. The zero-order valence-electron chi connectivity index (χ0n) is 9.13. The molecule has 0 aromatic rings. The van der Waals surface area contributed by atoms with Crippen molar-refractivity contribution >= 4 is 0 Å². The third-order valence-electron chi connectivity index (χ3n) is 2.70. The van der Waals surface area contributed by atoms with Gasteiger partial charge >= 0.3 is 0 Å². The Bertz CT molecular complexity index is 162. The monoisotopic (exact) mass is 187 g/mol. The molecule has 0 bridgehead atoms. The van der Waals surface area contributed by atoms with Crippen molar-refractivity contribution in [2.45, 2.75) is 45.4 Å². The van der Waals surface area contributed by atoms with E-state index in [9.17, 15) is 0 Å². The van der Waals surface area contributed by atoms with Crippen LogP contribution in [0.4, 0.5) is 0 Å². The summed E-state index contributed by atoms with van der Waals surface area (Å²) in [7, 11) is 0. The molecule has 0 spiro atoms. The summed E-state index contributed by atoms with van der Waals surface area (Å²) in [6.07, 6.45) is 0.816.